The number of carbonyl (C=O) groups is 1. The van der Waals surface area contributed by atoms with Gasteiger partial charge in [0.05, 0.1) is 31.4 Å². The Hall–Kier alpha value is -1.53. The molecule has 0 unspecified atom stereocenters. The van der Waals surface area contributed by atoms with Crippen molar-refractivity contribution in [1.29, 1.82) is 0 Å². The normalized spacial score (nSPS) is 26.6. The van der Waals surface area contributed by atoms with E-state index in [9.17, 15) is 9.18 Å². The average Bonchev–Trinajstić information content (AvgIpc) is 2.61. The molecule has 0 saturated carbocycles. The van der Waals surface area contributed by atoms with E-state index in [1.54, 1.807) is 6.07 Å². The monoisotopic (exact) mass is 350 g/mol. The lowest BCUT2D eigenvalue weighted by molar-refractivity contribution is -0.168. The average molecular weight is 350 g/mol. The number of amides is 1. The Bertz CT molecular complexity index is 593. The van der Waals surface area contributed by atoms with Gasteiger partial charge in [-0.1, -0.05) is 0 Å². The number of piperidine rings is 1. The van der Waals surface area contributed by atoms with Gasteiger partial charge in [-0.3, -0.25) is 9.78 Å². The Labute approximate surface area is 148 Å². The van der Waals surface area contributed by atoms with Crippen molar-refractivity contribution in [1.82, 2.24) is 9.88 Å². The number of likely N-dealkylation sites (tertiary alicyclic amines) is 1. The molecule has 3 heterocycles. The molecule has 2 atom stereocenters. The van der Waals surface area contributed by atoms with Crippen molar-refractivity contribution < 1.29 is 18.7 Å². The highest BCUT2D eigenvalue weighted by molar-refractivity contribution is 5.78. The highest BCUT2D eigenvalue weighted by atomic mass is 19.1. The topological polar surface area (TPSA) is 51.7 Å². The minimum Gasteiger partial charge on any atom is -0.378 e. The van der Waals surface area contributed by atoms with E-state index < -0.39 is 0 Å². The fourth-order valence-electron chi connectivity index (χ4n) is 3.82. The molecular weight excluding hydrogens is 323 g/mol. The second kappa shape index (κ2) is 7.79. The summed E-state index contributed by atoms with van der Waals surface area (Å²) in [6.45, 7) is 6.82. The van der Waals surface area contributed by atoms with Crippen molar-refractivity contribution >= 4 is 5.91 Å². The molecular formula is C19H27FN2O3. The van der Waals surface area contributed by atoms with Crippen LogP contribution in [0.1, 0.15) is 38.8 Å². The van der Waals surface area contributed by atoms with Crippen LogP contribution in [0, 0.1) is 11.2 Å². The van der Waals surface area contributed by atoms with Crippen LogP contribution < -0.4 is 0 Å². The maximum Gasteiger partial charge on any atom is 0.228 e. The third-order valence-electron chi connectivity index (χ3n) is 5.17. The van der Waals surface area contributed by atoms with Crippen LogP contribution >= 0.6 is 0 Å². The first-order valence-corrected chi connectivity index (χ1v) is 9.10. The Balaban J connectivity index is 1.68. The lowest BCUT2D eigenvalue weighted by atomic mass is 9.73. The molecule has 0 spiro atoms. The maximum absolute atomic E-state index is 13.0. The van der Waals surface area contributed by atoms with Gasteiger partial charge in [-0.25, -0.2) is 4.39 Å². The fourth-order valence-corrected chi connectivity index (χ4v) is 3.82. The zero-order valence-electron chi connectivity index (χ0n) is 15.0. The molecule has 0 radical (unpaired) electrons. The molecule has 6 heteroatoms. The summed E-state index contributed by atoms with van der Waals surface area (Å²) in [5.41, 5.74) is 0.480. The molecule has 5 nitrogen and oxygen atoms in total. The Morgan fingerprint density at radius 1 is 1.52 bits per heavy atom. The Kier molecular flexibility index (Phi) is 5.69. The molecule has 2 fully saturated rings. The third-order valence-corrected chi connectivity index (χ3v) is 5.17. The van der Waals surface area contributed by atoms with Crippen molar-refractivity contribution in [2.75, 3.05) is 26.3 Å². The zero-order valence-corrected chi connectivity index (χ0v) is 15.0. The summed E-state index contributed by atoms with van der Waals surface area (Å²) >= 11 is 0. The molecule has 0 aromatic carbocycles. The van der Waals surface area contributed by atoms with E-state index in [1.165, 1.54) is 6.07 Å². The van der Waals surface area contributed by atoms with Crippen LogP contribution in [0.25, 0.3) is 0 Å². The van der Waals surface area contributed by atoms with Gasteiger partial charge in [0.2, 0.25) is 5.91 Å². The number of carbonyl (C=O) groups excluding carboxylic acids is 1. The van der Waals surface area contributed by atoms with Crippen LogP contribution in [0.4, 0.5) is 4.39 Å². The Morgan fingerprint density at radius 2 is 2.36 bits per heavy atom. The molecule has 0 bridgehead atoms. The summed E-state index contributed by atoms with van der Waals surface area (Å²) in [4.78, 5) is 18.6. The predicted molar refractivity (Wildman–Crippen MR) is 91.6 cm³/mol. The van der Waals surface area contributed by atoms with Crippen LogP contribution in [0.5, 0.6) is 0 Å². The van der Waals surface area contributed by atoms with Crippen LogP contribution in [0.2, 0.25) is 0 Å². The van der Waals surface area contributed by atoms with Crippen molar-refractivity contribution in [2.24, 2.45) is 5.41 Å². The molecule has 1 aromatic heterocycles. The molecule has 3 rings (SSSR count). The van der Waals surface area contributed by atoms with Crippen molar-refractivity contribution in [3.05, 3.63) is 29.8 Å². The van der Waals surface area contributed by atoms with E-state index in [4.69, 9.17) is 9.47 Å². The summed E-state index contributed by atoms with van der Waals surface area (Å²) < 4.78 is 24.9. The largest absolute Gasteiger partial charge is 0.378 e. The van der Waals surface area contributed by atoms with Crippen LogP contribution in [-0.4, -0.2) is 54.3 Å². The number of hydrogen-bond donors (Lipinski definition) is 0. The highest BCUT2D eigenvalue weighted by Gasteiger charge is 2.47. The molecule has 1 aromatic rings. The number of pyridine rings is 1. The first kappa shape index (κ1) is 18.3. The fraction of sp³-hybridized carbons (Fsp3) is 0.684. The summed E-state index contributed by atoms with van der Waals surface area (Å²) in [5.74, 6) is -0.354. The van der Waals surface area contributed by atoms with Crippen LogP contribution in [0.15, 0.2) is 18.3 Å². The van der Waals surface area contributed by atoms with Gasteiger partial charge in [-0.2, -0.15) is 0 Å². The van der Waals surface area contributed by atoms with Gasteiger partial charge < -0.3 is 14.4 Å². The minimum absolute atomic E-state index is 0.0343. The summed E-state index contributed by atoms with van der Waals surface area (Å²) in [6.07, 6.45) is 4.53. The molecule has 138 valence electrons. The number of fused-ring (bicyclic) bond motifs is 1. The number of aromatic nitrogens is 1. The predicted octanol–water partition coefficient (Wildman–Crippen LogP) is 2.59. The summed E-state index contributed by atoms with van der Waals surface area (Å²) in [5, 5.41) is 0. The number of rotatable bonds is 5. The molecule has 2 aliphatic rings. The molecule has 0 N–H and O–H groups in total. The van der Waals surface area contributed by atoms with Crippen LogP contribution in [0.3, 0.4) is 0 Å². The molecule has 2 saturated heterocycles. The van der Waals surface area contributed by atoms with E-state index in [1.807, 2.05) is 18.7 Å². The number of halogens is 1. The Morgan fingerprint density at radius 3 is 3.08 bits per heavy atom. The van der Waals surface area contributed by atoms with Crippen molar-refractivity contribution in [2.45, 2.75) is 51.7 Å². The van der Waals surface area contributed by atoms with Crippen molar-refractivity contribution in [3.8, 4) is 0 Å². The molecule has 1 amide bonds. The standard InChI is InChI=1S/C19H27FN2O3/c1-14(2)25-13-19-7-3-9-24-17(19)6-8-22(12-19)18(23)10-16-5-4-15(20)11-21-16/h4-5,11,14,17H,3,6-10,12-13H2,1-2H3/t17-,19+/m0/s1. The first-order valence-electron chi connectivity index (χ1n) is 9.10. The third kappa shape index (κ3) is 4.36. The lowest BCUT2D eigenvalue weighted by Gasteiger charge is -2.50. The SMILES string of the molecule is CC(C)OC[C@]12CCCO[C@H]1CCN(C(=O)Cc1ccc(F)cn1)C2. The van der Waals surface area contributed by atoms with Crippen molar-refractivity contribution in [3.63, 3.8) is 0 Å². The second-order valence-electron chi connectivity index (χ2n) is 7.43. The van der Waals surface area contributed by atoms with Crippen LogP contribution in [-0.2, 0) is 20.7 Å². The van der Waals surface area contributed by atoms with Gasteiger partial charge in [-0.05, 0) is 45.2 Å². The maximum atomic E-state index is 13.0. The summed E-state index contributed by atoms with van der Waals surface area (Å²) in [6, 6.07) is 2.91. The van der Waals surface area contributed by atoms with Gasteiger partial charge in [0.1, 0.15) is 5.82 Å². The van der Waals surface area contributed by atoms with E-state index >= 15 is 0 Å². The quantitative estimate of drug-likeness (QED) is 0.819. The van der Waals surface area contributed by atoms with Gasteiger partial charge >= 0.3 is 0 Å². The second-order valence-corrected chi connectivity index (χ2v) is 7.43. The summed E-state index contributed by atoms with van der Waals surface area (Å²) in [7, 11) is 0. The molecule has 0 aliphatic carbocycles. The first-order chi connectivity index (χ1) is 12.0. The minimum atomic E-state index is -0.388. The lowest BCUT2D eigenvalue weighted by Crippen LogP contribution is -2.58. The van der Waals surface area contributed by atoms with Gasteiger partial charge in [-0.15, -0.1) is 0 Å². The number of nitrogens with zero attached hydrogens (tertiary/aromatic N) is 2. The number of hydrogen-bond acceptors (Lipinski definition) is 4. The van der Waals surface area contributed by atoms with E-state index in [2.05, 4.69) is 4.98 Å². The van der Waals surface area contributed by atoms with E-state index in [-0.39, 0.29) is 35.8 Å². The highest BCUT2D eigenvalue weighted by Crippen LogP contribution is 2.40. The van der Waals surface area contributed by atoms with E-state index in [0.29, 0.717) is 25.4 Å². The molecule has 25 heavy (non-hydrogen) atoms. The number of ether oxygens (including phenoxy) is 2. The van der Waals surface area contributed by atoms with Gasteiger partial charge in [0.25, 0.3) is 0 Å². The van der Waals surface area contributed by atoms with E-state index in [0.717, 1.165) is 32.1 Å². The smallest absolute Gasteiger partial charge is 0.228 e. The molecule has 2 aliphatic heterocycles. The van der Waals surface area contributed by atoms with Gasteiger partial charge in [0.15, 0.2) is 0 Å². The zero-order chi connectivity index (χ0) is 17.9. The van der Waals surface area contributed by atoms with Gasteiger partial charge in [0, 0.05) is 30.8 Å².